The third-order valence-corrected chi connectivity index (χ3v) is 5.62. The number of hydrogen-bond donors (Lipinski definition) is 2. The molecule has 1 saturated heterocycles. The minimum Gasteiger partial charge on any atom is -0.478 e. The highest BCUT2D eigenvalue weighted by Gasteiger charge is 2.31. The van der Waals surface area contributed by atoms with E-state index >= 15 is 0 Å². The Balaban J connectivity index is 1.51. The zero-order valence-corrected chi connectivity index (χ0v) is 17.3. The molecule has 1 aliphatic heterocycles. The van der Waals surface area contributed by atoms with Crippen LogP contribution < -0.4 is 5.32 Å². The molecule has 0 saturated carbocycles. The van der Waals surface area contributed by atoms with Crippen LogP contribution >= 0.6 is 24.0 Å². The van der Waals surface area contributed by atoms with Gasteiger partial charge in [-0.15, -0.1) is 0 Å². The summed E-state index contributed by atoms with van der Waals surface area (Å²) in [6, 6.07) is 11.6. The van der Waals surface area contributed by atoms with Crippen LogP contribution in [-0.2, 0) is 9.59 Å². The largest absolute Gasteiger partial charge is 0.478 e. The smallest absolute Gasteiger partial charge is 0.335 e. The average Bonchev–Trinajstić information content (AvgIpc) is 2.97. The summed E-state index contributed by atoms with van der Waals surface area (Å²) in [5.41, 5.74) is 1.33. The normalized spacial score (nSPS) is 15.0. The third kappa shape index (κ3) is 5.52. The Morgan fingerprint density at radius 3 is 2.43 bits per heavy atom. The van der Waals surface area contributed by atoms with E-state index in [1.54, 1.807) is 18.2 Å². The first kappa shape index (κ1) is 21.7. The van der Waals surface area contributed by atoms with Crippen LogP contribution in [0.5, 0.6) is 0 Å². The van der Waals surface area contributed by atoms with Gasteiger partial charge in [0.2, 0.25) is 5.91 Å². The van der Waals surface area contributed by atoms with Crippen molar-refractivity contribution in [1.82, 2.24) is 4.90 Å². The summed E-state index contributed by atoms with van der Waals surface area (Å²) in [6.07, 6.45) is 2.25. The minimum absolute atomic E-state index is 0.135. The second-order valence-corrected chi connectivity index (χ2v) is 8.09. The number of carboxylic acid groups (broad SMARTS) is 1. The van der Waals surface area contributed by atoms with Crippen molar-refractivity contribution >= 4 is 57.8 Å². The number of carboxylic acids is 1. The van der Waals surface area contributed by atoms with Gasteiger partial charge in [0.15, 0.2) is 0 Å². The molecule has 1 aliphatic rings. The molecular weight excluding hydrogens is 427 g/mol. The zero-order chi connectivity index (χ0) is 21.7. The second kappa shape index (κ2) is 9.64. The van der Waals surface area contributed by atoms with Gasteiger partial charge >= 0.3 is 5.97 Å². The number of aromatic carboxylic acids is 1. The van der Waals surface area contributed by atoms with Crippen molar-refractivity contribution in [3.05, 3.63) is 70.4 Å². The van der Waals surface area contributed by atoms with Crippen molar-refractivity contribution in [2.24, 2.45) is 0 Å². The van der Waals surface area contributed by atoms with E-state index in [0.29, 0.717) is 33.4 Å². The van der Waals surface area contributed by atoms with Crippen LogP contribution in [-0.4, -0.2) is 38.7 Å². The molecule has 0 spiro atoms. The molecule has 0 aliphatic carbocycles. The SMILES string of the molecule is O=C(CCCN1C(=O)/C(=C/c2ccc(F)cc2)SC1=S)Nc1ccc(C(=O)O)cc1. The Morgan fingerprint density at radius 2 is 1.80 bits per heavy atom. The molecule has 2 amide bonds. The van der Waals surface area contributed by atoms with E-state index in [4.69, 9.17) is 17.3 Å². The number of nitrogens with one attached hydrogen (secondary N) is 1. The number of carbonyl (C=O) groups excluding carboxylic acids is 2. The van der Waals surface area contributed by atoms with Gasteiger partial charge in [-0.25, -0.2) is 9.18 Å². The molecule has 154 valence electrons. The summed E-state index contributed by atoms with van der Waals surface area (Å²) in [4.78, 5) is 37.4. The van der Waals surface area contributed by atoms with Crippen molar-refractivity contribution in [2.75, 3.05) is 11.9 Å². The van der Waals surface area contributed by atoms with Crippen molar-refractivity contribution < 1.29 is 23.9 Å². The van der Waals surface area contributed by atoms with E-state index in [1.165, 1.54) is 53.1 Å². The number of anilines is 1. The molecule has 0 bridgehead atoms. The number of rotatable bonds is 7. The Morgan fingerprint density at radius 1 is 1.13 bits per heavy atom. The van der Waals surface area contributed by atoms with Crippen LogP contribution in [0.1, 0.15) is 28.8 Å². The van der Waals surface area contributed by atoms with Crippen LogP contribution in [0.15, 0.2) is 53.4 Å². The molecule has 0 unspecified atom stereocenters. The highest BCUT2D eigenvalue weighted by Crippen LogP contribution is 2.32. The quantitative estimate of drug-likeness (QED) is 0.493. The fourth-order valence-corrected chi connectivity index (χ4v) is 4.03. The van der Waals surface area contributed by atoms with Crippen molar-refractivity contribution in [2.45, 2.75) is 12.8 Å². The first-order valence-corrected chi connectivity index (χ1v) is 10.2. The molecule has 30 heavy (non-hydrogen) atoms. The number of nitrogens with zero attached hydrogens (tertiary/aromatic N) is 1. The standard InChI is InChI=1S/C21H17FN2O4S2/c22-15-7-3-13(4-8-15)12-17-19(26)24(21(29)30-17)11-1-2-18(25)23-16-9-5-14(6-10-16)20(27)28/h3-10,12H,1-2,11H2,(H,23,25)(H,27,28)/b17-12-. The number of hydrogen-bond acceptors (Lipinski definition) is 5. The molecule has 9 heteroatoms. The van der Waals surface area contributed by atoms with Crippen molar-refractivity contribution in [1.29, 1.82) is 0 Å². The number of amides is 2. The van der Waals surface area contributed by atoms with Gasteiger partial charge in [-0.3, -0.25) is 14.5 Å². The van der Waals surface area contributed by atoms with Gasteiger partial charge in [-0.2, -0.15) is 0 Å². The molecule has 0 radical (unpaired) electrons. The Bertz CT molecular complexity index is 1020. The lowest BCUT2D eigenvalue weighted by molar-refractivity contribution is -0.122. The molecule has 0 atom stereocenters. The van der Waals surface area contributed by atoms with Gasteiger partial charge < -0.3 is 10.4 Å². The molecule has 2 N–H and O–H groups in total. The maximum absolute atomic E-state index is 13.0. The van der Waals surface area contributed by atoms with E-state index in [0.717, 1.165) is 0 Å². The van der Waals surface area contributed by atoms with Crippen molar-refractivity contribution in [3.63, 3.8) is 0 Å². The van der Waals surface area contributed by atoms with Gasteiger partial charge in [0.05, 0.1) is 10.5 Å². The molecule has 2 aromatic carbocycles. The van der Waals surface area contributed by atoms with E-state index in [2.05, 4.69) is 5.32 Å². The molecule has 3 rings (SSSR count). The number of thioether (sulfide) groups is 1. The molecule has 1 fully saturated rings. The summed E-state index contributed by atoms with van der Waals surface area (Å²) < 4.78 is 13.4. The van der Waals surface area contributed by atoms with E-state index in [-0.39, 0.29) is 29.6 Å². The van der Waals surface area contributed by atoms with Crippen LogP contribution in [0.4, 0.5) is 10.1 Å². The molecular formula is C21H17FN2O4S2. The average molecular weight is 445 g/mol. The molecule has 1 heterocycles. The van der Waals surface area contributed by atoms with Crippen LogP contribution in [0.25, 0.3) is 6.08 Å². The maximum atomic E-state index is 13.0. The van der Waals surface area contributed by atoms with Crippen LogP contribution in [0, 0.1) is 5.82 Å². The number of thiocarbonyl (C=S) groups is 1. The Kier molecular flexibility index (Phi) is 6.96. The first-order chi connectivity index (χ1) is 14.3. The summed E-state index contributed by atoms with van der Waals surface area (Å²) in [7, 11) is 0. The highest BCUT2D eigenvalue weighted by atomic mass is 32.2. The van der Waals surface area contributed by atoms with Gasteiger partial charge in [0, 0.05) is 18.7 Å². The predicted octanol–water partition coefficient (Wildman–Crippen LogP) is 4.14. The predicted molar refractivity (Wildman–Crippen MR) is 118 cm³/mol. The molecule has 0 aromatic heterocycles. The Hall–Kier alpha value is -3.04. The Labute approximate surface area is 181 Å². The van der Waals surface area contributed by atoms with Crippen LogP contribution in [0.2, 0.25) is 0 Å². The monoisotopic (exact) mass is 444 g/mol. The van der Waals surface area contributed by atoms with Gasteiger partial charge in [0.1, 0.15) is 10.1 Å². The molecule has 2 aromatic rings. The van der Waals surface area contributed by atoms with Gasteiger partial charge in [0.25, 0.3) is 5.91 Å². The third-order valence-electron chi connectivity index (χ3n) is 4.24. The summed E-state index contributed by atoms with van der Waals surface area (Å²) in [5, 5.41) is 11.6. The van der Waals surface area contributed by atoms with E-state index < -0.39 is 5.97 Å². The van der Waals surface area contributed by atoms with Crippen molar-refractivity contribution in [3.8, 4) is 0 Å². The topological polar surface area (TPSA) is 86.7 Å². The fourth-order valence-electron chi connectivity index (χ4n) is 2.72. The maximum Gasteiger partial charge on any atom is 0.335 e. The minimum atomic E-state index is -1.04. The summed E-state index contributed by atoms with van der Waals surface area (Å²) in [5.74, 6) is -1.87. The van der Waals surface area contributed by atoms with Gasteiger partial charge in [-0.05, 0) is 54.5 Å². The van der Waals surface area contributed by atoms with E-state index in [9.17, 15) is 18.8 Å². The van der Waals surface area contributed by atoms with Gasteiger partial charge in [-0.1, -0.05) is 36.1 Å². The number of benzene rings is 2. The second-order valence-electron chi connectivity index (χ2n) is 6.42. The fraction of sp³-hybridized carbons (Fsp3) is 0.143. The van der Waals surface area contributed by atoms with E-state index in [1.807, 2.05) is 0 Å². The summed E-state index contributed by atoms with van der Waals surface area (Å²) in [6.45, 7) is 0.302. The zero-order valence-electron chi connectivity index (χ0n) is 15.6. The number of carbonyl (C=O) groups is 3. The first-order valence-electron chi connectivity index (χ1n) is 8.97. The lowest BCUT2D eigenvalue weighted by Crippen LogP contribution is -2.29. The highest BCUT2D eigenvalue weighted by molar-refractivity contribution is 8.26. The lowest BCUT2D eigenvalue weighted by Gasteiger charge is -2.14. The molecule has 6 nitrogen and oxygen atoms in total. The lowest BCUT2D eigenvalue weighted by atomic mass is 10.2. The van der Waals surface area contributed by atoms with Crippen LogP contribution in [0.3, 0.4) is 0 Å². The summed E-state index contributed by atoms with van der Waals surface area (Å²) >= 11 is 6.44. The number of halogens is 1.